The molecule has 2 heteroatoms. The van der Waals surface area contributed by atoms with Gasteiger partial charge in [0, 0.05) is 19.6 Å². The van der Waals surface area contributed by atoms with Gasteiger partial charge in [-0.2, -0.15) is 0 Å². The molecule has 0 spiro atoms. The normalized spacial score (nSPS) is 14.8. The van der Waals surface area contributed by atoms with E-state index in [9.17, 15) is 0 Å². The zero-order chi connectivity index (χ0) is 17.1. The smallest absolute Gasteiger partial charge is 0.115 e. The second-order valence-electron chi connectivity index (χ2n) is 5.46. The Kier molecular flexibility index (Phi) is 9.08. The number of fused-ring (bicyclic) bond motifs is 1. The number of hydrogen-bond acceptors (Lipinski definition) is 2. The summed E-state index contributed by atoms with van der Waals surface area (Å²) in [5.74, 6) is 0.928. The standard InChI is InChI=1S/C19H25NO.C2H6/c1-4-16(3)13-19(5-2)21-12-8-11-20-14-17-9-6-7-10-18(17)15-20;1-2/h4-7,9-10,13H,1,8,11-12,14-15H2,2-3H3;1-2H3/b16-13-,19-5+;. The van der Waals surface area contributed by atoms with Crippen molar-refractivity contribution in [3.63, 3.8) is 0 Å². The molecule has 0 radical (unpaired) electrons. The molecule has 0 bridgehead atoms. The molecule has 1 aliphatic heterocycles. The summed E-state index contributed by atoms with van der Waals surface area (Å²) < 4.78 is 5.81. The predicted octanol–water partition coefficient (Wildman–Crippen LogP) is 5.47. The van der Waals surface area contributed by atoms with Gasteiger partial charge in [-0.1, -0.05) is 50.8 Å². The van der Waals surface area contributed by atoms with Crippen molar-refractivity contribution in [3.05, 3.63) is 71.5 Å². The molecule has 0 aliphatic carbocycles. The molecule has 2 nitrogen and oxygen atoms in total. The molecule has 0 aromatic heterocycles. The Balaban J connectivity index is 0.00000127. The molecule has 2 rings (SSSR count). The number of allylic oxidation sites excluding steroid dienone is 4. The third-order valence-electron chi connectivity index (χ3n) is 3.77. The zero-order valence-electron chi connectivity index (χ0n) is 15.1. The van der Waals surface area contributed by atoms with Crippen LogP contribution in [0.4, 0.5) is 0 Å². The maximum absolute atomic E-state index is 5.81. The van der Waals surface area contributed by atoms with Crippen molar-refractivity contribution in [3.8, 4) is 0 Å². The van der Waals surface area contributed by atoms with Gasteiger partial charge in [0.2, 0.25) is 0 Å². The first-order valence-electron chi connectivity index (χ1n) is 8.62. The van der Waals surface area contributed by atoms with Gasteiger partial charge < -0.3 is 4.74 Å². The topological polar surface area (TPSA) is 12.5 Å². The van der Waals surface area contributed by atoms with Crippen molar-refractivity contribution in [2.24, 2.45) is 0 Å². The molecule has 126 valence electrons. The van der Waals surface area contributed by atoms with Crippen LogP contribution < -0.4 is 0 Å². The van der Waals surface area contributed by atoms with E-state index in [2.05, 4.69) is 35.7 Å². The maximum Gasteiger partial charge on any atom is 0.115 e. The molecule has 0 fully saturated rings. The number of rotatable bonds is 7. The molecule has 1 aromatic rings. The van der Waals surface area contributed by atoms with Crippen molar-refractivity contribution in [2.75, 3.05) is 13.2 Å². The quantitative estimate of drug-likeness (QED) is 0.376. The molecular weight excluding hydrogens is 282 g/mol. The van der Waals surface area contributed by atoms with E-state index in [1.807, 2.05) is 45.9 Å². The van der Waals surface area contributed by atoms with Crippen molar-refractivity contribution < 1.29 is 4.74 Å². The summed E-state index contributed by atoms with van der Waals surface area (Å²) in [5, 5.41) is 0. The molecule has 0 atom stereocenters. The van der Waals surface area contributed by atoms with Crippen LogP contribution in [-0.4, -0.2) is 18.1 Å². The predicted molar refractivity (Wildman–Crippen MR) is 100 cm³/mol. The van der Waals surface area contributed by atoms with Gasteiger partial charge in [-0.3, -0.25) is 4.90 Å². The second kappa shape index (κ2) is 10.8. The van der Waals surface area contributed by atoms with E-state index in [1.54, 1.807) is 0 Å². The highest BCUT2D eigenvalue weighted by Gasteiger charge is 2.17. The highest BCUT2D eigenvalue weighted by atomic mass is 16.5. The van der Waals surface area contributed by atoms with Crippen LogP contribution in [0.25, 0.3) is 0 Å². The lowest BCUT2D eigenvalue weighted by molar-refractivity contribution is 0.190. The van der Waals surface area contributed by atoms with E-state index >= 15 is 0 Å². The summed E-state index contributed by atoms with van der Waals surface area (Å²) in [5.41, 5.74) is 4.06. The van der Waals surface area contributed by atoms with Gasteiger partial charge in [0.05, 0.1) is 6.61 Å². The van der Waals surface area contributed by atoms with Crippen LogP contribution in [-0.2, 0) is 17.8 Å². The summed E-state index contributed by atoms with van der Waals surface area (Å²) in [7, 11) is 0. The van der Waals surface area contributed by atoms with Gasteiger partial charge in [-0.25, -0.2) is 0 Å². The Bertz CT molecular complexity index is 518. The van der Waals surface area contributed by atoms with Gasteiger partial charge in [-0.05, 0) is 49.1 Å². The van der Waals surface area contributed by atoms with E-state index in [0.29, 0.717) is 0 Å². The third kappa shape index (κ3) is 6.45. The first kappa shape index (κ1) is 19.2. The minimum Gasteiger partial charge on any atom is -0.494 e. The van der Waals surface area contributed by atoms with Crippen LogP contribution in [0.1, 0.15) is 45.2 Å². The lowest BCUT2D eigenvalue weighted by Gasteiger charge is -2.15. The molecule has 23 heavy (non-hydrogen) atoms. The van der Waals surface area contributed by atoms with Crippen molar-refractivity contribution in [2.45, 2.75) is 47.2 Å². The van der Waals surface area contributed by atoms with E-state index in [-0.39, 0.29) is 0 Å². The summed E-state index contributed by atoms with van der Waals surface area (Å²) >= 11 is 0. The molecule has 0 N–H and O–H groups in total. The zero-order valence-corrected chi connectivity index (χ0v) is 15.1. The fourth-order valence-corrected chi connectivity index (χ4v) is 2.53. The Morgan fingerprint density at radius 3 is 2.35 bits per heavy atom. The number of nitrogens with zero attached hydrogens (tertiary/aromatic N) is 1. The van der Waals surface area contributed by atoms with Gasteiger partial charge >= 0.3 is 0 Å². The van der Waals surface area contributed by atoms with Crippen LogP contribution in [0.5, 0.6) is 0 Å². The van der Waals surface area contributed by atoms with Crippen LogP contribution in [0, 0.1) is 0 Å². The molecule has 0 saturated heterocycles. The van der Waals surface area contributed by atoms with Crippen LogP contribution in [0.15, 0.2) is 60.4 Å². The van der Waals surface area contributed by atoms with Gasteiger partial charge in [0.1, 0.15) is 5.76 Å². The number of benzene rings is 1. The van der Waals surface area contributed by atoms with Crippen molar-refractivity contribution >= 4 is 0 Å². The fraction of sp³-hybridized carbons (Fsp3) is 0.429. The van der Waals surface area contributed by atoms with E-state index in [0.717, 1.165) is 44.0 Å². The summed E-state index contributed by atoms with van der Waals surface area (Å²) in [6, 6.07) is 8.70. The van der Waals surface area contributed by atoms with Crippen LogP contribution in [0.2, 0.25) is 0 Å². The van der Waals surface area contributed by atoms with Crippen molar-refractivity contribution in [1.29, 1.82) is 0 Å². The molecular formula is C21H31NO. The highest BCUT2D eigenvalue weighted by Crippen LogP contribution is 2.22. The molecule has 0 amide bonds. The lowest BCUT2D eigenvalue weighted by atomic mass is 10.1. The fourth-order valence-electron chi connectivity index (χ4n) is 2.53. The maximum atomic E-state index is 5.81. The summed E-state index contributed by atoms with van der Waals surface area (Å²) in [6.07, 6.45) is 6.91. The molecule has 0 unspecified atom stereocenters. The minimum atomic E-state index is 0.757. The van der Waals surface area contributed by atoms with E-state index in [4.69, 9.17) is 4.74 Å². The van der Waals surface area contributed by atoms with E-state index in [1.165, 1.54) is 11.1 Å². The van der Waals surface area contributed by atoms with Gasteiger partial charge in [0.15, 0.2) is 0 Å². The summed E-state index contributed by atoms with van der Waals surface area (Å²) in [6.45, 7) is 15.8. The summed E-state index contributed by atoms with van der Waals surface area (Å²) in [4.78, 5) is 2.48. The second-order valence-corrected chi connectivity index (χ2v) is 5.46. The minimum absolute atomic E-state index is 0.757. The van der Waals surface area contributed by atoms with E-state index < -0.39 is 0 Å². The first-order chi connectivity index (χ1) is 11.2. The lowest BCUT2D eigenvalue weighted by Crippen LogP contribution is -2.18. The average Bonchev–Trinajstić information content (AvgIpc) is 3.01. The molecule has 1 aromatic carbocycles. The Morgan fingerprint density at radius 1 is 1.22 bits per heavy atom. The highest BCUT2D eigenvalue weighted by molar-refractivity contribution is 5.30. The first-order valence-corrected chi connectivity index (χ1v) is 8.62. The Hall–Kier alpha value is -1.80. The average molecular weight is 313 g/mol. The number of ether oxygens (including phenoxy) is 1. The monoisotopic (exact) mass is 313 g/mol. The van der Waals surface area contributed by atoms with Crippen LogP contribution in [0.3, 0.4) is 0 Å². The SMILES string of the molecule is C=C/C(C)=C\C(=C/C)OCCCN1Cc2ccccc2C1.CC. The van der Waals surface area contributed by atoms with Gasteiger partial charge in [0.25, 0.3) is 0 Å². The third-order valence-corrected chi connectivity index (χ3v) is 3.77. The Labute approximate surface area is 142 Å². The molecule has 1 aliphatic rings. The van der Waals surface area contributed by atoms with Crippen molar-refractivity contribution in [1.82, 2.24) is 4.90 Å². The molecule has 0 saturated carbocycles. The Morgan fingerprint density at radius 2 is 1.83 bits per heavy atom. The van der Waals surface area contributed by atoms with Gasteiger partial charge in [-0.15, -0.1) is 0 Å². The molecule has 1 heterocycles. The van der Waals surface area contributed by atoms with Crippen LogP contribution >= 0.6 is 0 Å². The largest absolute Gasteiger partial charge is 0.494 e. The number of hydrogen-bond donors (Lipinski definition) is 0.